The van der Waals surface area contributed by atoms with Crippen molar-refractivity contribution in [2.24, 2.45) is 5.10 Å². The van der Waals surface area contributed by atoms with Gasteiger partial charge in [0.2, 0.25) is 17.8 Å². The number of halogens is 1. The summed E-state index contributed by atoms with van der Waals surface area (Å²) in [5.74, 6) is 1.33. The molecule has 0 radical (unpaired) electrons. The monoisotopic (exact) mass is 381 g/mol. The van der Waals surface area contributed by atoms with Crippen molar-refractivity contribution >= 4 is 35.7 Å². The zero-order chi connectivity index (χ0) is 19.1. The first-order chi connectivity index (χ1) is 13.1. The standard InChI is InChI=1S/C19H20ClN7/c1-27(2)19-24-17(21-12-14-8-4-3-5-9-14)23-18(25-19)26-22-13-15-10-6-7-11-16(15)20/h3-11,13H,12H2,1-2H3,(H2,21,23,24,25,26). The molecular formula is C19H20ClN7. The second kappa shape index (κ2) is 8.95. The van der Waals surface area contributed by atoms with E-state index in [1.165, 1.54) is 0 Å². The van der Waals surface area contributed by atoms with Crippen LogP contribution >= 0.6 is 11.6 Å². The van der Waals surface area contributed by atoms with Crippen LogP contribution in [0.2, 0.25) is 5.02 Å². The van der Waals surface area contributed by atoms with Gasteiger partial charge in [-0.05, 0) is 11.6 Å². The molecule has 0 aliphatic rings. The molecule has 0 amide bonds. The fraction of sp³-hybridized carbons (Fsp3) is 0.158. The van der Waals surface area contributed by atoms with Gasteiger partial charge in [-0.15, -0.1) is 0 Å². The van der Waals surface area contributed by atoms with E-state index in [4.69, 9.17) is 11.6 Å². The quantitative estimate of drug-likeness (QED) is 0.480. The predicted molar refractivity (Wildman–Crippen MR) is 111 cm³/mol. The van der Waals surface area contributed by atoms with Gasteiger partial charge in [0.15, 0.2) is 0 Å². The fourth-order valence-electron chi connectivity index (χ4n) is 2.21. The van der Waals surface area contributed by atoms with Crippen molar-refractivity contribution in [2.45, 2.75) is 6.54 Å². The zero-order valence-electron chi connectivity index (χ0n) is 15.1. The fourth-order valence-corrected chi connectivity index (χ4v) is 2.39. The number of hydrazone groups is 1. The van der Waals surface area contributed by atoms with E-state index in [-0.39, 0.29) is 0 Å². The highest BCUT2D eigenvalue weighted by Crippen LogP contribution is 2.14. The molecule has 0 aliphatic carbocycles. The summed E-state index contributed by atoms with van der Waals surface area (Å²) in [6.45, 7) is 0.611. The largest absolute Gasteiger partial charge is 0.350 e. The number of nitrogens with one attached hydrogen (secondary N) is 2. The maximum atomic E-state index is 6.12. The molecule has 1 heterocycles. The van der Waals surface area contributed by atoms with Gasteiger partial charge in [-0.1, -0.05) is 60.1 Å². The number of hydrogen-bond donors (Lipinski definition) is 2. The first kappa shape index (κ1) is 18.6. The summed E-state index contributed by atoms with van der Waals surface area (Å²) in [6, 6.07) is 17.5. The summed E-state index contributed by atoms with van der Waals surface area (Å²) in [5.41, 5.74) is 4.77. The Morgan fingerprint density at radius 2 is 1.67 bits per heavy atom. The third-order valence-electron chi connectivity index (χ3n) is 3.59. The van der Waals surface area contributed by atoms with E-state index >= 15 is 0 Å². The zero-order valence-corrected chi connectivity index (χ0v) is 15.9. The van der Waals surface area contributed by atoms with Gasteiger partial charge in [0, 0.05) is 31.2 Å². The van der Waals surface area contributed by atoms with Crippen LogP contribution in [0.3, 0.4) is 0 Å². The maximum absolute atomic E-state index is 6.12. The van der Waals surface area contributed by atoms with Crippen molar-refractivity contribution in [3.05, 3.63) is 70.7 Å². The predicted octanol–water partition coefficient (Wildman–Crippen LogP) is 3.65. The summed E-state index contributed by atoms with van der Waals surface area (Å²) < 4.78 is 0. The Balaban J connectivity index is 1.74. The number of nitrogens with zero attached hydrogens (tertiary/aromatic N) is 5. The summed E-state index contributed by atoms with van der Waals surface area (Å²) in [5, 5.41) is 8.01. The van der Waals surface area contributed by atoms with E-state index in [2.05, 4.69) is 30.8 Å². The Morgan fingerprint density at radius 1 is 0.963 bits per heavy atom. The molecule has 0 bridgehead atoms. The molecule has 2 N–H and O–H groups in total. The molecule has 0 aliphatic heterocycles. The van der Waals surface area contributed by atoms with Gasteiger partial charge in [-0.3, -0.25) is 0 Å². The summed E-state index contributed by atoms with van der Waals surface area (Å²) in [7, 11) is 3.74. The lowest BCUT2D eigenvalue weighted by Crippen LogP contribution is -2.16. The van der Waals surface area contributed by atoms with E-state index in [9.17, 15) is 0 Å². The molecule has 8 heteroatoms. The van der Waals surface area contributed by atoms with Crippen LogP contribution < -0.4 is 15.6 Å². The Labute approximate surface area is 163 Å². The molecule has 3 aromatic rings. The topological polar surface area (TPSA) is 78.3 Å². The lowest BCUT2D eigenvalue weighted by Gasteiger charge is -2.13. The van der Waals surface area contributed by atoms with E-state index < -0.39 is 0 Å². The molecular weight excluding hydrogens is 362 g/mol. The summed E-state index contributed by atoms with van der Waals surface area (Å²) in [4.78, 5) is 14.9. The highest BCUT2D eigenvalue weighted by Gasteiger charge is 2.08. The van der Waals surface area contributed by atoms with Crippen LogP contribution in [0.5, 0.6) is 0 Å². The number of benzene rings is 2. The minimum absolute atomic E-state index is 0.340. The average molecular weight is 382 g/mol. The van der Waals surface area contributed by atoms with Gasteiger partial charge in [-0.2, -0.15) is 20.1 Å². The summed E-state index contributed by atoms with van der Waals surface area (Å²) >= 11 is 6.12. The molecule has 0 atom stereocenters. The van der Waals surface area contributed by atoms with Gasteiger partial charge in [-0.25, -0.2) is 5.43 Å². The lowest BCUT2D eigenvalue weighted by molar-refractivity contribution is 0.940. The van der Waals surface area contributed by atoms with Gasteiger partial charge in [0.25, 0.3) is 0 Å². The van der Waals surface area contributed by atoms with Crippen molar-refractivity contribution in [3.8, 4) is 0 Å². The van der Waals surface area contributed by atoms with Crippen molar-refractivity contribution in [1.29, 1.82) is 0 Å². The first-order valence-electron chi connectivity index (χ1n) is 8.36. The van der Waals surface area contributed by atoms with Crippen molar-refractivity contribution in [2.75, 3.05) is 29.7 Å². The molecule has 0 spiro atoms. The van der Waals surface area contributed by atoms with Crippen molar-refractivity contribution in [1.82, 2.24) is 15.0 Å². The first-order valence-corrected chi connectivity index (χ1v) is 8.74. The highest BCUT2D eigenvalue weighted by molar-refractivity contribution is 6.33. The van der Waals surface area contributed by atoms with Crippen molar-refractivity contribution in [3.63, 3.8) is 0 Å². The van der Waals surface area contributed by atoms with Crippen LogP contribution in [0, 0.1) is 0 Å². The third-order valence-corrected chi connectivity index (χ3v) is 3.93. The van der Waals surface area contributed by atoms with Crippen molar-refractivity contribution < 1.29 is 0 Å². The number of hydrogen-bond acceptors (Lipinski definition) is 7. The SMILES string of the molecule is CN(C)c1nc(NCc2ccccc2)nc(NN=Cc2ccccc2Cl)n1. The average Bonchev–Trinajstić information content (AvgIpc) is 2.68. The minimum atomic E-state index is 0.340. The molecule has 0 fully saturated rings. The van der Waals surface area contributed by atoms with Crippen LogP contribution in [-0.2, 0) is 6.54 Å². The maximum Gasteiger partial charge on any atom is 0.250 e. The third kappa shape index (κ3) is 5.39. The van der Waals surface area contributed by atoms with Crippen LogP contribution in [0.4, 0.5) is 17.8 Å². The summed E-state index contributed by atoms with van der Waals surface area (Å²) in [6.07, 6.45) is 1.62. The van der Waals surface area contributed by atoms with Crippen LogP contribution in [0.1, 0.15) is 11.1 Å². The van der Waals surface area contributed by atoms with Gasteiger partial charge < -0.3 is 10.2 Å². The highest BCUT2D eigenvalue weighted by atomic mass is 35.5. The Kier molecular flexibility index (Phi) is 6.17. The molecule has 0 unspecified atom stereocenters. The van der Waals surface area contributed by atoms with Gasteiger partial charge in [0.1, 0.15) is 0 Å². The molecule has 1 aromatic heterocycles. The van der Waals surface area contributed by atoms with E-state index in [1.54, 1.807) is 11.1 Å². The van der Waals surface area contributed by atoms with E-state index in [0.29, 0.717) is 29.4 Å². The van der Waals surface area contributed by atoms with Crippen LogP contribution in [0.15, 0.2) is 59.7 Å². The normalized spacial score (nSPS) is 10.8. The number of rotatable bonds is 7. The second-order valence-corrected chi connectivity index (χ2v) is 6.31. The van der Waals surface area contributed by atoms with E-state index in [0.717, 1.165) is 11.1 Å². The lowest BCUT2D eigenvalue weighted by atomic mass is 10.2. The molecule has 0 saturated heterocycles. The van der Waals surface area contributed by atoms with Gasteiger partial charge in [0.05, 0.1) is 6.21 Å². The van der Waals surface area contributed by atoms with E-state index in [1.807, 2.05) is 68.7 Å². The molecule has 0 saturated carbocycles. The Hall–Kier alpha value is -3.19. The van der Waals surface area contributed by atoms with Gasteiger partial charge >= 0.3 is 0 Å². The molecule has 2 aromatic carbocycles. The molecule has 138 valence electrons. The number of aromatic nitrogens is 3. The molecule has 27 heavy (non-hydrogen) atoms. The minimum Gasteiger partial charge on any atom is -0.350 e. The Bertz CT molecular complexity index is 913. The van der Waals surface area contributed by atoms with Crippen LogP contribution in [0.25, 0.3) is 0 Å². The Morgan fingerprint density at radius 3 is 2.41 bits per heavy atom. The second-order valence-electron chi connectivity index (χ2n) is 5.91. The number of anilines is 3. The molecule has 7 nitrogen and oxygen atoms in total. The van der Waals surface area contributed by atoms with Crippen LogP contribution in [-0.4, -0.2) is 35.3 Å². The smallest absolute Gasteiger partial charge is 0.250 e. The molecule has 3 rings (SSSR count).